The minimum absolute atomic E-state index is 0.0831. The standard InChI is InChI=1S/C15H25N3O2/c1-4-13(10-16)17-5-7-18(8-6-17)15(19)14-9-11(2)20-12(14)3/h9,13H,4-8,10,16H2,1-3H3. The van der Waals surface area contributed by atoms with E-state index in [9.17, 15) is 4.79 Å². The Labute approximate surface area is 120 Å². The number of nitrogens with two attached hydrogens (primary N) is 1. The molecule has 1 aromatic rings. The Bertz CT molecular complexity index is 458. The van der Waals surface area contributed by atoms with Gasteiger partial charge in [0.1, 0.15) is 11.5 Å². The number of piperazine rings is 1. The van der Waals surface area contributed by atoms with E-state index in [0.29, 0.717) is 23.9 Å². The van der Waals surface area contributed by atoms with Gasteiger partial charge in [-0.2, -0.15) is 0 Å². The summed E-state index contributed by atoms with van der Waals surface area (Å²) in [6.07, 6.45) is 1.06. The lowest BCUT2D eigenvalue weighted by Crippen LogP contribution is -2.53. The van der Waals surface area contributed by atoms with E-state index in [1.807, 2.05) is 24.8 Å². The molecule has 0 bridgehead atoms. The molecule has 0 aliphatic carbocycles. The van der Waals surface area contributed by atoms with Crippen LogP contribution < -0.4 is 5.73 Å². The Morgan fingerprint density at radius 2 is 2.00 bits per heavy atom. The summed E-state index contributed by atoms with van der Waals surface area (Å²) in [5, 5.41) is 0. The van der Waals surface area contributed by atoms with Crippen LogP contribution in [0.25, 0.3) is 0 Å². The molecule has 20 heavy (non-hydrogen) atoms. The van der Waals surface area contributed by atoms with E-state index >= 15 is 0 Å². The van der Waals surface area contributed by atoms with E-state index in [4.69, 9.17) is 10.2 Å². The van der Waals surface area contributed by atoms with Gasteiger partial charge in [-0.1, -0.05) is 6.92 Å². The zero-order chi connectivity index (χ0) is 14.7. The third-order valence-corrected chi connectivity index (χ3v) is 4.13. The first-order chi connectivity index (χ1) is 9.56. The zero-order valence-corrected chi connectivity index (χ0v) is 12.7. The van der Waals surface area contributed by atoms with Crippen molar-refractivity contribution in [2.45, 2.75) is 33.2 Å². The highest BCUT2D eigenvalue weighted by atomic mass is 16.3. The molecule has 1 fully saturated rings. The van der Waals surface area contributed by atoms with Gasteiger partial charge in [0.2, 0.25) is 0 Å². The number of amides is 1. The van der Waals surface area contributed by atoms with Gasteiger partial charge in [-0.05, 0) is 26.3 Å². The second-order valence-corrected chi connectivity index (χ2v) is 5.45. The van der Waals surface area contributed by atoms with Crippen LogP contribution in [-0.4, -0.2) is 54.5 Å². The van der Waals surface area contributed by atoms with E-state index in [1.54, 1.807) is 0 Å². The van der Waals surface area contributed by atoms with Crippen LogP contribution in [0.15, 0.2) is 10.5 Å². The molecule has 2 rings (SSSR count). The fraction of sp³-hybridized carbons (Fsp3) is 0.667. The van der Waals surface area contributed by atoms with Crippen molar-refractivity contribution in [1.82, 2.24) is 9.80 Å². The van der Waals surface area contributed by atoms with Gasteiger partial charge in [0.25, 0.3) is 5.91 Å². The second kappa shape index (κ2) is 6.41. The number of hydrogen-bond donors (Lipinski definition) is 1. The van der Waals surface area contributed by atoms with Crippen molar-refractivity contribution < 1.29 is 9.21 Å². The lowest BCUT2D eigenvalue weighted by molar-refractivity contribution is 0.0570. The first kappa shape index (κ1) is 15.1. The van der Waals surface area contributed by atoms with Crippen LogP contribution in [-0.2, 0) is 0 Å². The number of carbonyl (C=O) groups is 1. The van der Waals surface area contributed by atoms with Crippen LogP contribution in [0, 0.1) is 13.8 Å². The average Bonchev–Trinajstić information content (AvgIpc) is 2.79. The average molecular weight is 279 g/mol. The topological polar surface area (TPSA) is 62.7 Å². The zero-order valence-electron chi connectivity index (χ0n) is 12.7. The van der Waals surface area contributed by atoms with Gasteiger partial charge in [-0.3, -0.25) is 9.69 Å². The van der Waals surface area contributed by atoms with Crippen molar-refractivity contribution in [1.29, 1.82) is 0 Å². The van der Waals surface area contributed by atoms with E-state index in [2.05, 4.69) is 11.8 Å². The minimum atomic E-state index is 0.0831. The first-order valence-electron chi connectivity index (χ1n) is 7.37. The number of aryl methyl sites for hydroxylation is 2. The van der Waals surface area contributed by atoms with Gasteiger partial charge in [0.15, 0.2) is 0 Å². The predicted molar refractivity (Wildman–Crippen MR) is 78.8 cm³/mol. The third kappa shape index (κ3) is 3.04. The van der Waals surface area contributed by atoms with Gasteiger partial charge in [-0.15, -0.1) is 0 Å². The SMILES string of the molecule is CCC(CN)N1CCN(C(=O)c2cc(C)oc2C)CC1. The van der Waals surface area contributed by atoms with E-state index in [1.165, 1.54) is 0 Å². The minimum Gasteiger partial charge on any atom is -0.466 e. The van der Waals surface area contributed by atoms with Crippen molar-refractivity contribution >= 4 is 5.91 Å². The van der Waals surface area contributed by atoms with Gasteiger partial charge < -0.3 is 15.1 Å². The highest BCUT2D eigenvalue weighted by molar-refractivity contribution is 5.95. The van der Waals surface area contributed by atoms with Crippen LogP contribution in [0.5, 0.6) is 0 Å². The summed E-state index contributed by atoms with van der Waals surface area (Å²) in [5.74, 6) is 1.58. The van der Waals surface area contributed by atoms with Crippen molar-refractivity contribution in [2.75, 3.05) is 32.7 Å². The molecule has 0 saturated carbocycles. The largest absolute Gasteiger partial charge is 0.466 e. The molecule has 5 nitrogen and oxygen atoms in total. The normalized spacial score (nSPS) is 18.3. The number of rotatable bonds is 4. The molecule has 1 aliphatic heterocycles. The quantitative estimate of drug-likeness (QED) is 0.904. The summed E-state index contributed by atoms with van der Waals surface area (Å²) in [7, 11) is 0. The summed E-state index contributed by atoms with van der Waals surface area (Å²) >= 11 is 0. The molecule has 112 valence electrons. The molecule has 1 unspecified atom stereocenters. The number of carbonyl (C=O) groups excluding carboxylic acids is 1. The summed E-state index contributed by atoms with van der Waals surface area (Å²) < 4.78 is 5.45. The molecule has 0 spiro atoms. The fourth-order valence-electron chi connectivity index (χ4n) is 2.88. The molecule has 1 saturated heterocycles. The molecule has 0 aromatic carbocycles. The van der Waals surface area contributed by atoms with Gasteiger partial charge >= 0.3 is 0 Å². The van der Waals surface area contributed by atoms with Crippen LogP contribution in [0.1, 0.15) is 35.2 Å². The van der Waals surface area contributed by atoms with Crippen LogP contribution in [0.4, 0.5) is 0 Å². The highest BCUT2D eigenvalue weighted by Crippen LogP contribution is 2.17. The third-order valence-electron chi connectivity index (χ3n) is 4.13. The van der Waals surface area contributed by atoms with E-state index in [-0.39, 0.29) is 5.91 Å². The van der Waals surface area contributed by atoms with Crippen molar-refractivity contribution in [3.05, 3.63) is 23.2 Å². The predicted octanol–water partition coefficient (Wildman–Crippen LogP) is 1.39. The van der Waals surface area contributed by atoms with Gasteiger partial charge in [-0.25, -0.2) is 0 Å². The molecule has 0 radical (unpaired) electrons. The summed E-state index contributed by atoms with van der Waals surface area (Å²) in [4.78, 5) is 16.8. The Balaban J connectivity index is 1.97. The number of nitrogens with zero attached hydrogens (tertiary/aromatic N) is 2. The highest BCUT2D eigenvalue weighted by Gasteiger charge is 2.26. The van der Waals surface area contributed by atoms with Crippen molar-refractivity contribution in [2.24, 2.45) is 5.73 Å². The lowest BCUT2D eigenvalue weighted by atomic mass is 10.1. The summed E-state index contributed by atoms with van der Waals surface area (Å²) in [5.41, 5.74) is 6.48. The Hall–Kier alpha value is -1.33. The first-order valence-corrected chi connectivity index (χ1v) is 7.37. The van der Waals surface area contributed by atoms with E-state index in [0.717, 1.165) is 38.4 Å². The number of hydrogen-bond acceptors (Lipinski definition) is 4. The van der Waals surface area contributed by atoms with Crippen molar-refractivity contribution in [3.8, 4) is 0 Å². The maximum Gasteiger partial charge on any atom is 0.257 e. The number of furan rings is 1. The van der Waals surface area contributed by atoms with Crippen LogP contribution >= 0.6 is 0 Å². The molecule has 1 aliphatic rings. The molecular formula is C15H25N3O2. The molecule has 2 heterocycles. The smallest absolute Gasteiger partial charge is 0.257 e. The summed E-state index contributed by atoms with van der Waals surface area (Å²) in [6.45, 7) is 9.89. The molecule has 1 amide bonds. The van der Waals surface area contributed by atoms with Crippen LogP contribution in [0.3, 0.4) is 0 Å². The molecule has 1 aromatic heterocycles. The molecule has 2 N–H and O–H groups in total. The Morgan fingerprint density at radius 1 is 1.35 bits per heavy atom. The maximum absolute atomic E-state index is 12.5. The molecule has 1 atom stereocenters. The van der Waals surface area contributed by atoms with Crippen LogP contribution in [0.2, 0.25) is 0 Å². The Morgan fingerprint density at radius 3 is 2.45 bits per heavy atom. The maximum atomic E-state index is 12.5. The Kier molecular flexibility index (Phi) is 4.83. The molecule has 5 heteroatoms. The lowest BCUT2D eigenvalue weighted by Gasteiger charge is -2.38. The second-order valence-electron chi connectivity index (χ2n) is 5.45. The summed E-state index contributed by atoms with van der Waals surface area (Å²) in [6, 6.07) is 2.27. The van der Waals surface area contributed by atoms with Gasteiger partial charge in [0, 0.05) is 38.8 Å². The fourth-order valence-corrected chi connectivity index (χ4v) is 2.88. The van der Waals surface area contributed by atoms with E-state index < -0.39 is 0 Å². The molecular weight excluding hydrogens is 254 g/mol. The van der Waals surface area contributed by atoms with Crippen molar-refractivity contribution in [3.63, 3.8) is 0 Å². The monoisotopic (exact) mass is 279 g/mol. The van der Waals surface area contributed by atoms with Gasteiger partial charge in [0.05, 0.1) is 5.56 Å².